The average Bonchev–Trinajstić information content (AvgIpc) is 3.03. The number of carbonyl (C=O) groups excluding carboxylic acids is 1. The molecule has 0 atom stereocenters. The van der Waals surface area contributed by atoms with Gasteiger partial charge in [-0.2, -0.15) is 0 Å². The predicted molar refractivity (Wildman–Crippen MR) is 53.6 cm³/mol. The molecular formula is C10H9ClN2O. The third-order valence-corrected chi connectivity index (χ3v) is 2.41. The molecule has 0 amide bonds. The van der Waals surface area contributed by atoms with Crippen molar-refractivity contribution in [3.8, 4) is 0 Å². The Labute approximate surface area is 86.8 Å². The SMILES string of the molecule is O=C(/C(=C/Cl)c1cncnc1)C1CC1. The van der Waals surface area contributed by atoms with Crippen molar-refractivity contribution in [2.45, 2.75) is 12.8 Å². The molecule has 0 saturated heterocycles. The Morgan fingerprint density at radius 1 is 1.43 bits per heavy atom. The van der Waals surface area contributed by atoms with E-state index in [4.69, 9.17) is 11.6 Å². The summed E-state index contributed by atoms with van der Waals surface area (Å²) in [4.78, 5) is 19.4. The topological polar surface area (TPSA) is 42.9 Å². The van der Waals surface area contributed by atoms with Gasteiger partial charge in [0.15, 0.2) is 5.78 Å². The van der Waals surface area contributed by atoms with Crippen LogP contribution in [0.2, 0.25) is 0 Å². The number of aromatic nitrogens is 2. The number of ketones is 1. The summed E-state index contributed by atoms with van der Waals surface area (Å²) < 4.78 is 0. The maximum atomic E-state index is 11.7. The Bertz CT molecular complexity index is 371. The van der Waals surface area contributed by atoms with E-state index < -0.39 is 0 Å². The van der Waals surface area contributed by atoms with Gasteiger partial charge in [-0.1, -0.05) is 11.6 Å². The van der Waals surface area contributed by atoms with Crippen molar-refractivity contribution < 1.29 is 4.79 Å². The Kier molecular flexibility index (Phi) is 2.59. The van der Waals surface area contributed by atoms with E-state index >= 15 is 0 Å². The van der Waals surface area contributed by atoms with E-state index in [0.29, 0.717) is 11.1 Å². The summed E-state index contributed by atoms with van der Waals surface area (Å²) in [6, 6.07) is 0. The van der Waals surface area contributed by atoms with E-state index in [1.807, 2.05) is 0 Å². The van der Waals surface area contributed by atoms with Crippen LogP contribution in [0.4, 0.5) is 0 Å². The molecule has 0 unspecified atom stereocenters. The molecule has 2 rings (SSSR count). The molecule has 0 radical (unpaired) electrons. The number of allylic oxidation sites excluding steroid dienone is 1. The molecule has 1 fully saturated rings. The van der Waals surface area contributed by atoms with Gasteiger partial charge in [0.2, 0.25) is 0 Å². The minimum atomic E-state index is 0.106. The first-order valence-corrected chi connectivity index (χ1v) is 4.86. The largest absolute Gasteiger partial charge is 0.294 e. The van der Waals surface area contributed by atoms with Gasteiger partial charge in [0, 0.05) is 35.0 Å². The van der Waals surface area contributed by atoms with Crippen LogP contribution in [0.1, 0.15) is 18.4 Å². The van der Waals surface area contributed by atoms with E-state index in [2.05, 4.69) is 9.97 Å². The van der Waals surface area contributed by atoms with Crippen LogP contribution in [0, 0.1) is 5.92 Å². The number of nitrogens with zero attached hydrogens (tertiary/aromatic N) is 2. The van der Waals surface area contributed by atoms with Crippen molar-refractivity contribution in [3.63, 3.8) is 0 Å². The molecule has 14 heavy (non-hydrogen) atoms. The fourth-order valence-corrected chi connectivity index (χ4v) is 1.50. The van der Waals surface area contributed by atoms with Gasteiger partial charge in [-0.05, 0) is 12.8 Å². The fourth-order valence-electron chi connectivity index (χ4n) is 1.26. The first-order valence-electron chi connectivity index (χ1n) is 4.43. The van der Waals surface area contributed by atoms with Crippen molar-refractivity contribution >= 4 is 23.0 Å². The monoisotopic (exact) mass is 208 g/mol. The molecule has 72 valence electrons. The molecule has 0 aromatic carbocycles. The van der Waals surface area contributed by atoms with E-state index in [1.54, 1.807) is 12.4 Å². The second-order valence-electron chi connectivity index (χ2n) is 3.29. The number of rotatable bonds is 3. The quantitative estimate of drug-likeness (QED) is 0.714. The molecule has 1 aromatic rings. The summed E-state index contributed by atoms with van der Waals surface area (Å²) in [5, 5.41) is 0. The van der Waals surface area contributed by atoms with Crippen molar-refractivity contribution in [1.82, 2.24) is 9.97 Å². The lowest BCUT2D eigenvalue weighted by Gasteiger charge is -2.02. The minimum absolute atomic E-state index is 0.106. The summed E-state index contributed by atoms with van der Waals surface area (Å²) >= 11 is 5.63. The third kappa shape index (κ3) is 1.82. The van der Waals surface area contributed by atoms with Crippen molar-refractivity contribution in [3.05, 3.63) is 29.8 Å². The Morgan fingerprint density at radius 3 is 2.57 bits per heavy atom. The predicted octanol–water partition coefficient (Wildman–Crippen LogP) is 2.04. The van der Waals surface area contributed by atoms with Crippen LogP contribution in [-0.4, -0.2) is 15.8 Å². The zero-order valence-corrected chi connectivity index (χ0v) is 8.24. The van der Waals surface area contributed by atoms with E-state index in [9.17, 15) is 4.79 Å². The minimum Gasteiger partial charge on any atom is -0.294 e. The zero-order valence-electron chi connectivity index (χ0n) is 7.48. The highest BCUT2D eigenvalue weighted by Crippen LogP contribution is 2.35. The molecule has 0 bridgehead atoms. The van der Waals surface area contributed by atoms with Gasteiger partial charge in [-0.3, -0.25) is 4.79 Å². The van der Waals surface area contributed by atoms with Crippen LogP contribution in [0.25, 0.3) is 5.57 Å². The molecule has 0 aliphatic heterocycles. The molecule has 3 nitrogen and oxygen atoms in total. The lowest BCUT2D eigenvalue weighted by molar-refractivity contribution is -0.114. The number of hydrogen-bond donors (Lipinski definition) is 0. The maximum Gasteiger partial charge on any atom is 0.167 e. The molecule has 1 aliphatic rings. The number of halogens is 1. The smallest absolute Gasteiger partial charge is 0.167 e. The van der Waals surface area contributed by atoms with Gasteiger partial charge >= 0.3 is 0 Å². The van der Waals surface area contributed by atoms with E-state index in [1.165, 1.54) is 11.9 Å². The summed E-state index contributed by atoms with van der Waals surface area (Å²) in [7, 11) is 0. The van der Waals surface area contributed by atoms with E-state index in [0.717, 1.165) is 12.8 Å². The molecule has 0 N–H and O–H groups in total. The normalized spacial score (nSPS) is 16.8. The van der Waals surface area contributed by atoms with Gasteiger partial charge in [0.05, 0.1) is 0 Å². The van der Waals surface area contributed by atoms with Crippen LogP contribution in [-0.2, 0) is 4.79 Å². The van der Waals surface area contributed by atoms with Crippen LogP contribution in [0.5, 0.6) is 0 Å². The summed E-state index contributed by atoms with van der Waals surface area (Å²) in [5.41, 5.74) is 2.54. The summed E-state index contributed by atoms with van der Waals surface area (Å²) in [6.45, 7) is 0. The first kappa shape index (κ1) is 9.34. The standard InChI is InChI=1S/C10H9ClN2O/c11-3-9(10(14)7-1-2-7)8-4-12-6-13-5-8/h3-7H,1-2H2/b9-3+. The molecule has 1 aromatic heterocycles. The Balaban J connectivity index is 2.26. The van der Waals surface area contributed by atoms with Crippen LogP contribution in [0.3, 0.4) is 0 Å². The van der Waals surface area contributed by atoms with Gasteiger partial charge in [0.1, 0.15) is 6.33 Å². The van der Waals surface area contributed by atoms with Gasteiger partial charge < -0.3 is 0 Å². The second-order valence-corrected chi connectivity index (χ2v) is 3.51. The average molecular weight is 209 g/mol. The maximum absolute atomic E-state index is 11.7. The molecule has 4 heteroatoms. The number of carbonyl (C=O) groups is 1. The van der Waals surface area contributed by atoms with Crippen molar-refractivity contribution in [2.24, 2.45) is 5.92 Å². The van der Waals surface area contributed by atoms with Crippen LogP contribution < -0.4 is 0 Å². The highest BCUT2D eigenvalue weighted by molar-refractivity contribution is 6.36. The van der Waals surface area contributed by atoms with Crippen molar-refractivity contribution in [1.29, 1.82) is 0 Å². The summed E-state index contributed by atoms with van der Waals surface area (Å²) in [5.74, 6) is 0.273. The Hall–Kier alpha value is -1.22. The summed E-state index contributed by atoms with van der Waals surface area (Å²) in [6.07, 6.45) is 6.57. The number of hydrogen-bond acceptors (Lipinski definition) is 3. The lowest BCUT2D eigenvalue weighted by atomic mass is 10.0. The van der Waals surface area contributed by atoms with Crippen molar-refractivity contribution in [2.75, 3.05) is 0 Å². The zero-order chi connectivity index (χ0) is 9.97. The molecular weight excluding hydrogens is 200 g/mol. The highest BCUT2D eigenvalue weighted by Gasteiger charge is 2.32. The number of Topliss-reactive ketones (excluding diaryl/α,β-unsaturated/α-hetero) is 1. The molecule has 1 saturated carbocycles. The van der Waals surface area contributed by atoms with E-state index in [-0.39, 0.29) is 11.7 Å². The highest BCUT2D eigenvalue weighted by atomic mass is 35.5. The molecule has 0 spiro atoms. The van der Waals surface area contributed by atoms with Crippen LogP contribution in [0.15, 0.2) is 24.3 Å². The lowest BCUT2D eigenvalue weighted by Crippen LogP contribution is -2.04. The fraction of sp³-hybridized carbons (Fsp3) is 0.300. The first-order chi connectivity index (χ1) is 6.83. The Morgan fingerprint density at radius 2 is 2.07 bits per heavy atom. The molecule has 1 aliphatic carbocycles. The second kappa shape index (κ2) is 3.88. The van der Waals surface area contributed by atoms with Gasteiger partial charge in [-0.25, -0.2) is 9.97 Å². The van der Waals surface area contributed by atoms with Crippen LogP contribution >= 0.6 is 11.6 Å². The van der Waals surface area contributed by atoms with Gasteiger partial charge in [-0.15, -0.1) is 0 Å². The molecule has 1 heterocycles. The third-order valence-electron chi connectivity index (χ3n) is 2.19. The van der Waals surface area contributed by atoms with Gasteiger partial charge in [0.25, 0.3) is 0 Å².